The summed E-state index contributed by atoms with van der Waals surface area (Å²) in [6.07, 6.45) is 9.07. The zero-order chi connectivity index (χ0) is 16.8. The van der Waals surface area contributed by atoms with Crippen molar-refractivity contribution in [3.63, 3.8) is 0 Å². The van der Waals surface area contributed by atoms with E-state index in [1.54, 1.807) is 6.08 Å². The Morgan fingerprint density at radius 2 is 1.92 bits per heavy atom. The number of anilines is 1. The summed E-state index contributed by atoms with van der Waals surface area (Å²) < 4.78 is 0. The molecule has 1 fully saturated rings. The number of nitrogens with one attached hydrogen (secondary N) is 1. The van der Waals surface area contributed by atoms with Gasteiger partial charge in [-0.15, -0.1) is 0 Å². The monoisotopic (exact) mass is 322 g/mol. The molecule has 24 heavy (non-hydrogen) atoms. The minimum Gasteiger partial charge on any atom is -0.478 e. The van der Waals surface area contributed by atoms with Crippen LogP contribution in [0.5, 0.6) is 0 Å². The highest BCUT2D eigenvalue weighted by molar-refractivity contribution is 5.85. The summed E-state index contributed by atoms with van der Waals surface area (Å²) >= 11 is 0. The molecule has 4 nitrogen and oxygen atoms in total. The molecule has 0 atom stereocenters. The van der Waals surface area contributed by atoms with E-state index < -0.39 is 5.97 Å². The summed E-state index contributed by atoms with van der Waals surface area (Å²) in [5, 5.41) is 12.3. The fourth-order valence-electron chi connectivity index (χ4n) is 3.10. The van der Waals surface area contributed by atoms with Crippen molar-refractivity contribution in [1.29, 1.82) is 0 Å². The molecule has 1 aromatic carbocycles. The predicted molar refractivity (Wildman–Crippen MR) is 96.8 cm³/mol. The minimum atomic E-state index is -0.947. The zero-order valence-corrected chi connectivity index (χ0v) is 13.6. The molecule has 1 heterocycles. The van der Waals surface area contributed by atoms with Crippen molar-refractivity contribution in [2.75, 3.05) is 5.32 Å². The van der Waals surface area contributed by atoms with Gasteiger partial charge in [-0.3, -0.25) is 0 Å². The quantitative estimate of drug-likeness (QED) is 0.790. The number of aromatic nitrogens is 1. The van der Waals surface area contributed by atoms with Gasteiger partial charge in [0.15, 0.2) is 0 Å². The van der Waals surface area contributed by atoms with Crippen molar-refractivity contribution in [3.8, 4) is 11.3 Å². The molecule has 0 saturated heterocycles. The molecule has 0 unspecified atom stereocenters. The van der Waals surface area contributed by atoms with Crippen LogP contribution in [0.15, 0.2) is 48.5 Å². The normalized spacial score (nSPS) is 15.5. The summed E-state index contributed by atoms with van der Waals surface area (Å²) in [6, 6.07) is 14.3. The lowest BCUT2D eigenvalue weighted by atomic mass is 9.95. The van der Waals surface area contributed by atoms with Crippen LogP contribution in [0.3, 0.4) is 0 Å². The van der Waals surface area contributed by atoms with Gasteiger partial charge in [0.2, 0.25) is 0 Å². The number of carboxylic acid groups (broad SMARTS) is 1. The molecular formula is C20H22N2O2. The van der Waals surface area contributed by atoms with Gasteiger partial charge >= 0.3 is 5.97 Å². The highest BCUT2D eigenvalue weighted by Gasteiger charge is 2.13. The molecule has 4 heteroatoms. The van der Waals surface area contributed by atoms with E-state index in [1.807, 2.05) is 42.5 Å². The molecule has 0 aliphatic heterocycles. The largest absolute Gasteiger partial charge is 0.478 e. The maximum atomic E-state index is 10.7. The van der Waals surface area contributed by atoms with Gasteiger partial charge in [0.25, 0.3) is 0 Å². The summed E-state index contributed by atoms with van der Waals surface area (Å²) in [5.41, 5.74) is 2.72. The molecule has 3 rings (SSSR count). The Morgan fingerprint density at radius 3 is 2.71 bits per heavy atom. The van der Waals surface area contributed by atoms with Crippen molar-refractivity contribution >= 4 is 17.9 Å². The number of aliphatic carboxylic acids is 1. The average molecular weight is 322 g/mol. The van der Waals surface area contributed by atoms with Crippen LogP contribution in [-0.2, 0) is 4.79 Å². The molecule has 1 aromatic heterocycles. The Kier molecular flexibility index (Phi) is 5.26. The van der Waals surface area contributed by atoms with Crippen molar-refractivity contribution < 1.29 is 9.90 Å². The number of carboxylic acids is 1. The lowest BCUT2D eigenvalue weighted by Gasteiger charge is -2.23. The van der Waals surface area contributed by atoms with Gasteiger partial charge in [-0.2, -0.15) is 0 Å². The minimum absolute atomic E-state index is 0.520. The number of rotatable bonds is 5. The van der Waals surface area contributed by atoms with E-state index in [1.165, 1.54) is 32.1 Å². The third-order valence-corrected chi connectivity index (χ3v) is 4.31. The Labute approximate surface area is 142 Å². The molecule has 2 N–H and O–H groups in total. The number of benzene rings is 1. The van der Waals surface area contributed by atoms with Crippen LogP contribution in [0.4, 0.5) is 5.82 Å². The summed E-state index contributed by atoms with van der Waals surface area (Å²) in [6.45, 7) is 0. The Balaban J connectivity index is 1.78. The van der Waals surface area contributed by atoms with E-state index in [0.29, 0.717) is 6.04 Å². The first-order valence-electron chi connectivity index (χ1n) is 8.46. The second-order valence-electron chi connectivity index (χ2n) is 6.18. The Hall–Kier alpha value is -2.62. The molecule has 1 saturated carbocycles. The second kappa shape index (κ2) is 7.77. The van der Waals surface area contributed by atoms with Gasteiger partial charge in [-0.25, -0.2) is 9.78 Å². The standard InChI is InChI=1S/C20H22N2O2/c23-20(24)13-12-15-6-4-7-16(14-15)18-10-5-11-19(22-18)21-17-8-2-1-3-9-17/h4-7,10-14,17H,1-3,8-9H2,(H,21,22)(H,23,24)/b13-12+. The van der Waals surface area contributed by atoms with E-state index in [0.717, 1.165) is 28.7 Å². The predicted octanol–water partition coefficient (Wildman–Crippen LogP) is 4.59. The van der Waals surface area contributed by atoms with E-state index in [4.69, 9.17) is 10.1 Å². The summed E-state index contributed by atoms with van der Waals surface area (Å²) in [5.74, 6) is -0.0388. The highest BCUT2D eigenvalue weighted by Crippen LogP contribution is 2.24. The van der Waals surface area contributed by atoms with Crippen molar-refractivity contribution in [2.24, 2.45) is 0 Å². The smallest absolute Gasteiger partial charge is 0.328 e. The maximum absolute atomic E-state index is 10.7. The van der Waals surface area contributed by atoms with Crippen molar-refractivity contribution in [1.82, 2.24) is 4.98 Å². The number of pyridine rings is 1. The lowest BCUT2D eigenvalue weighted by molar-refractivity contribution is -0.131. The highest BCUT2D eigenvalue weighted by atomic mass is 16.4. The van der Waals surface area contributed by atoms with E-state index in [9.17, 15) is 4.79 Å². The molecule has 124 valence electrons. The van der Waals surface area contributed by atoms with Gasteiger partial charge < -0.3 is 10.4 Å². The van der Waals surface area contributed by atoms with Crippen LogP contribution >= 0.6 is 0 Å². The fraction of sp³-hybridized carbons (Fsp3) is 0.300. The van der Waals surface area contributed by atoms with Gasteiger partial charge in [-0.1, -0.05) is 43.5 Å². The molecule has 2 aromatic rings. The first-order valence-corrected chi connectivity index (χ1v) is 8.46. The molecule has 0 spiro atoms. The third kappa shape index (κ3) is 4.44. The van der Waals surface area contributed by atoms with Gasteiger partial charge in [-0.05, 0) is 42.7 Å². The van der Waals surface area contributed by atoms with Crippen LogP contribution < -0.4 is 5.32 Å². The molecular weight excluding hydrogens is 300 g/mol. The third-order valence-electron chi connectivity index (χ3n) is 4.31. The molecule has 0 amide bonds. The topological polar surface area (TPSA) is 62.2 Å². The van der Waals surface area contributed by atoms with Gasteiger partial charge in [0, 0.05) is 17.7 Å². The van der Waals surface area contributed by atoms with E-state index in [2.05, 4.69) is 5.32 Å². The average Bonchev–Trinajstić information content (AvgIpc) is 2.61. The number of hydrogen-bond donors (Lipinski definition) is 2. The Bertz CT molecular complexity index is 734. The zero-order valence-electron chi connectivity index (χ0n) is 13.6. The SMILES string of the molecule is O=C(O)/C=C/c1cccc(-c2cccc(NC3CCCCC3)n2)c1. The van der Waals surface area contributed by atoms with E-state index >= 15 is 0 Å². The van der Waals surface area contributed by atoms with Gasteiger partial charge in [0.05, 0.1) is 5.69 Å². The molecule has 0 radical (unpaired) electrons. The van der Waals surface area contributed by atoms with Crippen LogP contribution in [0.2, 0.25) is 0 Å². The van der Waals surface area contributed by atoms with Crippen LogP contribution in [0, 0.1) is 0 Å². The maximum Gasteiger partial charge on any atom is 0.328 e. The number of hydrogen-bond acceptors (Lipinski definition) is 3. The van der Waals surface area contributed by atoms with Crippen LogP contribution in [0.25, 0.3) is 17.3 Å². The second-order valence-corrected chi connectivity index (χ2v) is 6.18. The van der Waals surface area contributed by atoms with Crippen molar-refractivity contribution in [3.05, 3.63) is 54.1 Å². The summed E-state index contributed by atoms with van der Waals surface area (Å²) in [4.78, 5) is 15.4. The van der Waals surface area contributed by atoms with E-state index in [-0.39, 0.29) is 0 Å². The van der Waals surface area contributed by atoms with Crippen molar-refractivity contribution in [2.45, 2.75) is 38.1 Å². The first-order chi connectivity index (χ1) is 11.7. The van der Waals surface area contributed by atoms with Crippen LogP contribution in [0.1, 0.15) is 37.7 Å². The molecule has 0 bridgehead atoms. The molecule has 1 aliphatic rings. The fourth-order valence-corrected chi connectivity index (χ4v) is 3.10. The number of nitrogens with zero attached hydrogens (tertiary/aromatic N) is 1. The number of carbonyl (C=O) groups is 1. The first kappa shape index (κ1) is 16.2. The lowest BCUT2D eigenvalue weighted by Crippen LogP contribution is -2.22. The van der Waals surface area contributed by atoms with Gasteiger partial charge in [0.1, 0.15) is 5.82 Å². The molecule has 1 aliphatic carbocycles. The Morgan fingerprint density at radius 1 is 1.12 bits per heavy atom. The van der Waals surface area contributed by atoms with Crippen LogP contribution in [-0.4, -0.2) is 22.1 Å². The summed E-state index contributed by atoms with van der Waals surface area (Å²) in [7, 11) is 0.